The van der Waals surface area contributed by atoms with Gasteiger partial charge in [0.05, 0.1) is 12.3 Å². The van der Waals surface area contributed by atoms with Crippen molar-refractivity contribution in [3.8, 4) is 16.9 Å². The molecule has 1 aliphatic rings. The Morgan fingerprint density at radius 3 is 2.69 bits per heavy atom. The summed E-state index contributed by atoms with van der Waals surface area (Å²) < 4.78 is 35.2. The van der Waals surface area contributed by atoms with Crippen LogP contribution in [-0.4, -0.2) is 71.6 Å². The SMILES string of the molecule is C[C@@H]1CN([C@H](C)CO)S(=O)(=O)c2ccc(-c3cccnc3)cc2O[C@H]1CN(C)Cc1ccccn1. The molecular formula is C26H32N4O4S. The molecule has 2 aromatic heterocycles. The Balaban J connectivity index is 1.72. The van der Waals surface area contributed by atoms with Crippen molar-refractivity contribution in [1.82, 2.24) is 19.2 Å². The van der Waals surface area contributed by atoms with E-state index in [1.54, 1.807) is 43.7 Å². The summed E-state index contributed by atoms with van der Waals surface area (Å²) in [5, 5.41) is 9.82. The standard InChI is InChI=1S/C26H32N4O4S/c1-19-15-30(20(2)18-31)35(32,33)26-10-9-21(22-7-6-11-27-14-22)13-24(26)34-25(19)17-29(3)16-23-8-4-5-12-28-23/h4-14,19-20,25,31H,15-18H2,1-3H3/t19-,20-,25+/m1/s1. The molecule has 0 radical (unpaired) electrons. The topological polar surface area (TPSA) is 95.9 Å². The number of hydrogen-bond donors (Lipinski definition) is 1. The van der Waals surface area contributed by atoms with Gasteiger partial charge in [-0.25, -0.2) is 8.42 Å². The summed E-state index contributed by atoms with van der Waals surface area (Å²) in [5.74, 6) is 0.185. The average Bonchev–Trinajstić information content (AvgIpc) is 2.86. The molecule has 0 amide bonds. The predicted octanol–water partition coefficient (Wildman–Crippen LogP) is 3.04. The molecular weight excluding hydrogens is 464 g/mol. The number of nitrogens with zero attached hydrogens (tertiary/aromatic N) is 4. The molecule has 1 aliphatic heterocycles. The fourth-order valence-electron chi connectivity index (χ4n) is 4.30. The smallest absolute Gasteiger partial charge is 0.247 e. The maximum atomic E-state index is 13.6. The summed E-state index contributed by atoms with van der Waals surface area (Å²) in [5.41, 5.74) is 2.64. The first-order chi connectivity index (χ1) is 16.8. The Kier molecular flexibility index (Phi) is 7.81. The molecule has 0 unspecified atom stereocenters. The normalized spacial score (nSPS) is 20.9. The predicted molar refractivity (Wildman–Crippen MR) is 134 cm³/mol. The molecule has 9 heteroatoms. The highest BCUT2D eigenvalue weighted by atomic mass is 32.2. The van der Waals surface area contributed by atoms with Crippen molar-refractivity contribution in [2.24, 2.45) is 5.92 Å². The van der Waals surface area contributed by atoms with E-state index in [0.29, 0.717) is 18.8 Å². The van der Waals surface area contributed by atoms with E-state index in [4.69, 9.17) is 4.74 Å². The van der Waals surface area contributed by atoms with Gasteiger partial charge in [-0.05, 0) is 49.9 Å². The largest absolute Gasteiger partial charge is 0.487 e. The minimum absolute atomic E-state index is 0.106. The lowest BCUT2D eigenvalue weighted by Crippen LogP contribution is -2.49. The number of likely N-dealkylation sites (N-methyl/N-ethyl adjacent to an activating group) is 1. The molecule has 186 valence electrons. The zero-order valence-electron chi connectivity index (χ0n) is 20.3. The molecule has 1 aromatic carbocycles. The minimum Gasteiger partial charge on any atom is -0.487 e. The molecule has 0 aliphatic carbocycles. The van der Waals surface area contributed by atoms with E-state index in [-0.39, 0.29) is 30.1 Å². The third-order valence-electron chi connectivity index (χ3n) is 6.31. The Hall–Kier alpha value is -2.85. The van der Waals surface area contributed by atoms with Crippen LogP contribution in [0.25, 0.3) is 11.1 Å². The third-order valence-corrected chi connectivity index (χ3v) is 8.33. The van der Waals surface area contributed by atoms with Crippen molar-refractivity contribution in [1.29, 1.82) is 0 Å². The molecule has 3 heterocycles. The van der Waals surface area contributed by atoms with Gasteiger partial charge in [0.15, 0.2) is 0 Å². The lowest BCUT2D eigenvalue weighted by atomic mass is 10.0. The van der Waals surface area contributed by atoms with Crippen LogP contribution in [0.1, 0.15) is 19.5 Å². The van der Waals surface area contributed by atoms with Crippen LogP contribution in [0.2, 0.25) is 0 Å². The number of aromatic nitrogens is 2. The number of ether oxygens (including phenoxy) is 1. The number of pyridine rings is 2. The first-order valence-electron chi connectivity index (χ1n) is 11.7. The first kappa shape index (κ1) is 25.2. The van der Waals surface area contributed by atoms with Gasteiger partial charge in [0.25, 0.3) is 0 Å². The van der Waals surface area contributed by atoms with Gasteiger partial charge >= 0.3 is 0 Å². The molecule has 0 fully saturated rings. The second kappa shape index (κ2) is 10.8. The van der Waals surface area contributed by atoms with Crippen molar-refractivity contribution < 1.29 is 18.3 Å². The summed E-state index contributed by atoms with van der Waals surface area (Å²) in [6, 6.07) is 14.2. The Labute approximate surface area is 207 Å². The molecule has 1 N–H and O–H groups in total. The highest BCUT2D eigenvalue weighted by molar-refractivity contribution is 7.89. The fourth-order valence-corrected chi connectivity index (χ4v) is 6.12. The van der Waals surface area contributed by atoms with Crippen molar-refractivity contribution in [2.45, 2.75) is 37.4 Å². The van der Waals surface area contributed by atoms with E-state index in [0.717, 1.165) is 16.8 Å². The summed E-state index contributed by atoms with van der Waals surface area (Å²) in [4.78, 5) is 10.8. The lowest BCUT2D eigenvalue weighted by molar-refractivity contribution is 0.0731. The second-order valence-corrected chi connectivity index (χ2v) is 11.0. The van der Waals surface area contributed by atoms with Crippen molar-refractivity contribution in [3.63, 3.8) is 0 Å². The van der Waals surface area contributed by atoms with Gasteiger partial charge in [-0.15, -0.1) is 0 Å². The van der Waals surface area contributed by atoms with E-state index in [9.17, 15) is 13.5 Å². The number of hydrogen-bond acceptors (Lipinski definition) is 7. The van der Waals surface area contributed by atoms with E-state index in [1.807, 2.05) is 44.3 Å². The van der Waals surface area contributed by atoms with Crippen LogP contribution in [-0.2, 0) is 16.6 Å². The number of benzene rings is 1. The number of aliphatic hydroxyl groups is 1. The zero-order chi connectivity index (χ0) is 25.0. The Morgan fingerprint density at radius 2 is 2.00 bits per heavy atom. The molecule has 3 aromatic rings. The van der Waals surface area contributed by atoms with Gasteiger partial charge < -0.3 is 9.84 Å². The van der Waals surface area contributed by atoms with Crippen LogP contribution < -0.4 is 4.74 Å². The molecule has 0 spiro atoms. The summed E-state index contributed by atoms with van der Waals surface area (Å²) >= 11 is 0. The first-order valence-corrected chi connectivity index (χ1v) is 13.2. The highest BCUT2D eigenvalue weighted by Gasteiger charge is 2.38. The van der Waals surface area contributed by atoms with Crippen LogP contribution >= 0.6 is 0 Å². The third kappa shape index (κ3) is 5.70. The van der Waals surface area contributed by atoms with Gasteiger partial charge in [-0.2, -0.15) is 4.31 Å². The average molecular weight is 497 g/mol. The van der Waals surface area contributed by atoms with Gasteiger partial charge in [0.1, 0.15) is 16.7 Å². The molecule has 0 saturated carbocycles. The highest BCUT2D eigenvalue weighted by Crippen LogP contribution is 2.36. The minimum atomic E-state index is -3.88. The van der Waals surface area contributed by atoms with E-state index < -0.39 is 16.1 Å². The second-order valence-electron chi connectivity index (χ2n) is 9.16. The summed E-state index contributed by atoms with van der Waals surface area (Å²) in [7, 11) is -1.88. The molecule has 0 saturated heterocycles. The summed E-state index contributed by atoms with van der Waals surface area (Å²) in [6.45, 7) is 4.91. The Bertz CT molecular complexity index is 1220. The Morgan fingerprint density at radius 1 is 1.17 bits per heavy atom. The fraction of sp³-hybridized carbons (Fsp3) is 0.385. The molecule has 0 bridgehead atoms. The number of fused-ring (bicyclic) bond motifs is 1. The molecule has 8 nitrogen and oxygen atoms in total. The number of aliphatic hydroxyl groups excluding tert-OH is 1. The maximum Gasteiger partial charge on any atom is 0.247 e. The van der Waals surface area contributed by atoms with Crippen LogP contribution in [0.5, 0.6) is 5.75 Å². The summed E-state index contributed by atoms with van der Waals surface area (Å²) in [6.07, 6.45) is 4.92. The monoisotopic (exact) mass is 496 g/mol. The number of rotatable bonds is 7. The molecule has 35 heavy (non-hydrogen) atoms. The van der Waals surface area contributed by atoms with Crippen LogP contribution in [0.4, 0.5) is 0 Å². The van der Waals surface area contributed by atoms with Crippen LogP contribution in [0.3, 0.4) is 0 Å². The van der Waals surface area contributed by atoms with Crippen molar-refractivity contribution in [3.05, 3.63) is 72.8 Å². The maximum absolute atomic E-state index is 13.6. The van der Waals surface area contributed by atoms with Gasteiger partial charge in [-0.3, -0.25) is 14.9 Å². The molecule has 4 rings (SSSR count). The van der Waals surface area contributed by atoms with Crippen LogP contribution in [0.15, 0.2) is 72.0 Å². The zero-order valence-corrected chi connectivity index (χ0v) is 21.1. The van der Waals surface area contributed by atoms with Gasteiger partial charge in [-0.1, -0.05) is 25.1 Å². The van der Waals surface area contributed by atoms with E-state index in [1.165, 1.54) is 4.31 Å². The number of sulfonamides is 1. The van der Waals surface area contributed by atoms with E-state index >= 15 is 0 Å². The van der Waals surface area contributed by atoms with Crippen molar-refractivity contribution >= 4 is 10.0 Å². The van der Waals surface area contributed by atoms with E-state index in [2.05, 4.69) is 14.9 Å². The quantitative estimate of drug-likeness (QED) is 0.537. The lowest BCUT2D eigenvalue weighted by Gasteiger charge is -2.37. The van der Waals surface area contributed by atoms with Gasteiger partial charge in [0, 0.05) is 55.7 Å². The van der Waals surface area contributed by atoms with Gasteiger partial charge in [0.2, 0.25) is 10.0 Å². The van der Waals surface area contributed by atoms with Crippen LogP contribution in [0, 0.1) is 5.92 Å². The molecule has 3 atom stereocenters. The van der Waals surface area contributed by atoms with Crippen molar-refractivity contribution in [2.75, 3.05) is 26.7 Å².